The largest absolute Gasteiger partial charge is 0.354 e. The highest BCUT2D eigenvalue weighted by atomic mass is 16.1. The number of fused-ring (bicyclic) bond motifs is 3. The lowest BCUT2D eigenvalue weighted by Crippen LogP contribution is -2.43. The zero-order valence-corrected chi connectivity index (χ0v) is 21.6. The number of nitrogens with one attached hydrogen (secondary N) is 1. The average Bonchev–Trinajstić information content (AvgIpc) is 2.87. The van der Waals surface area contributed by atoms with Crippen molar-refractivity contribution in [2.75, 3.05) is 45.1 Å². The lowest BCUT2D eigenvalue weighted by Gasteiger charge is -2.32. The molecule has 0 unspecified atom stereocenters. The van der Waals surface area contributed by atoms with E-state index in [1.165, 1.54) is 5.56 Å². The first-order valence-corrected chi connectivity index (χ1v) is 13.5. The molecule has 0 spiro atoms. The molecule has 2 aliphatic rings. The molecule has 1 saturated carbocycles. The fourth-order valence-corrected chi connectivity index (χ4v) is 5.64. The van der Waals surface area contributed by atoms with E-state index in [0.29, 0.717) is 5.95 Å². The quantitative estimate of drug-likeness (QED) is 0.395. The van der Waals surface area contributed by atoms with E-state index in [1.807, 2.05) is 10.8 Å². The van der Waals surface area contributed by atoms with Gasteiger partial charge in [0.25, 0.3) is 5.56 Å². The summed E-state index contributed by atoms with van der Waals surface area (Å²) in [5.41, 5.74) is 2.09. The van der Waals surface area contributed by atoms with Gasteiger partial charge in [-0.3, -0.25) is 14.3 Å². The molecule has 5 rings (SSSR count). The molecule has 3 heterocycles. The fourth-order valence-electron chi connectivity index (χ4n) is 5.64. The summed E-state index contributed by atoms with van der Waals surface area (Å²) in [4.78, 5) is 28.4. The van der Waals surface area contributed by atoms with Gasteiger partial charge in [-0.15, -0.1) is 0 Å². The van der Waals surface area contributed by atoms with E-state index < -0.39 is 0 Å². The summed E-state index contributed by atoms with van der Waals surface area (Å²) in [6.07, 6.45) is 8.49. The van der Waals surface area contributed by atoms with Gasteiger partial charge in [0.2, 0.25) is 5.95 Å². The van der Waals surface area contributed by atoms with Crippen molar-refractivity contribution in [1.82, 2.24) is 24.3 Å². The molecule has 7 heteroatoms. The molecule has 1 saturated heterocycles. The Labute approximate surface area is 208 Å². The van der Waals surface area contributed by atoms with Crippen LogP contribution in [-0.2, 0) is 6.54 Å². The first-order valence-electron chi connectivity index (χ1n) is 13.5. The van der Waals surface area contributed by atoms with Crippen molar-refractivity contribution in [3.8, 4) is 0 Å². The maximum Gasteiger partial charge on any atom is 0.260 e. The normalized spacial score (nSPS) is 22.1. The molecule has 0 atom stereocenters. The molecular weight excluding hydrogens is 436 g/mol. The van der Waals surface area contributed by atoms with Crippen LogP contribution in [0, 0.1) is 5.92 Å². The van der Waals surface area contributed by atoms with Gasteiger partial charge in [-0.05, 0) is 62.1 Å². The number of piperazine rings is 1. The summed E-state index contributed by atoms with van der Waals surface area (Å²) in [5, 5.41) is 6.10. The summed E-state index contributed by atoms with van der Waals surface area (Å²) in [5.74, 6) is 1.35. The first-order chi connectivity index (χ1) is 17.0. The maximum atomic E-state index is 14.0. The number of unbranched alkanes of at least 4 members (excludes halogenated alkanes) is 1. The Morgan fingerprint density at radius 3 is 2.54 bits per heavy atom. The average molecular weight is 477 g/mol. The second-order valence-corrected chi connectivity index (χ2v) is 10.8. The highest BCUT2D eigenvalue weighted by molar-refractivity contribution is 6.04. The molecule has 1 N–H and O–H groups in total. The number of nitrogens with zero attached hydrogens (tertiary/aromatic N) is 5. The minimum absolute atomic E-state index is 0.102. The molecule has 7 nitrogen and oxygen atoms in total. The molecule has 35 heavy (non-hydrogen) atoms. The predicted octanol–water partition coefficient (Wildman–Crippen LogP) is 4.66. The minimum atomic E-state index is 0.102. The molecule has 2 fully saturated rings. The monoisotopic (exact) mass is 476 g/mol. The van der Waals surface area contributed by atoms with Gasteiger partial charge in [0.15, 0.2) is 0 Å². The van der Waals surface area contributed by atoms with Crippen molar-refractivity contribution >= 4 is 27.8 Å². The van der Waals surface area contributed by atoms with Crippen LogP contribution in [0.3, 0.4) is 0 Å². The van der Waals surface area contributed by atoms with Crippen molar-refractivity contribution in [2.24, 2.45) is 5.92 Å². The second-order valence-electron chi connectivity index (χ2n) is 10.8. The topological polar surface area (TPSA) is 66.3 Å². The fraction of sp³-hybridized carbons (Fsp3) is 0.607. The van der Waals surface area contributed by atoms with Gasteiger partial charge in [0.05, 0.1) is 0 Å². The molecule has 3 aromatic rings. The molecule has 1 aliphatic heterocycles. The number of pyridine rings is 1. The van der Waals surface area contributed by atoms with Gasteiger partial charge in [-0.2, -0.15) is 4.98 Å². The van der Waals surface area contributed by atoms with Crippen molar-refractivity contribution in [3.05, 3.63) is 40.3 Å². The summed E-state index contributed by atoms with van der Waals surface area (Å²) in [7, 11) is 2.18. The number of hydrogen-bond acceptors (Lipinski definition) is 6. The van der Waals surface area contributed by atoms with E-state index in [0.717, 1.165) is 106 Å². The van der Waals surface area contributed by atoms with Crippen LogP contribution in [0.2, 0.25) is 0 Å². The van der Waals surface area contributed by atoms with E-state index >= 15 is 0 Å². The summed E-state index contributed by atoms with van der Waals surface area (Å²) < 4.78 is 2.01. The molecule has 2 aromatic heterocycles. The zero-order chi connectivity index (χ0) is 24.4. The predicted molar refractivity (Wildman–Crippen MR) is 144 cm³/mol. The van der Waals surface area contributed by atoms with Crippen molar-refractivity contribution in [3.63, 3.8) is 0 Å². The molecule has 0 bridgehead atoms. The highest BCUT2D eigenvalue weighted by Crippen LogP contribution is 2.34. The molecule has 0 radical (unpaired) electrons. The van der Waals surface area contributed by atoms with Crippen LogP contribution < -0.4 is 10.9 Å². The van der Waals surface area contributed by atoms with Crippen LogP contribution in [0.25, 0.3) is 21.8 Å². The van der Waals surface area contributed by atoms with Gasteiger partial charge in [-0.25, -0.2) is 4.98 Å². The Morgan fingerprint density at radius 2 is 1.80 bits per heavy atom. The summed E-state index contributed by atoms with van der Waals surface area (Å²) in [6.45, 7) is 10.6. The maximum absolute atomic E-state index is 14.0. The van der Waals surface area contributed by atoms with Crippen molar-refractivity contribution < 1.29 is 0 Å². The van der Waals surface area contributed by atoms with Crippen molar-refractivity contribution in [2.45, 2.75) is 65.0 Å². The van der Waals surface area contributed by atoms with Gasteiger partial charge >= 0.3 is 0 Å². The Hall–Kier alpha value is -2.51. The smallest absolute Gasteiger partial charge is 0.260 e. The van der Waals surface area contributed by atoms with Gasteiger partial charge in [0.1, 0.15) is 5.65 Å². The van der Waals surface area contributed by atoms with Crippen LogP contribution in [0.4, 0.5) is 5.95 Å². The molecule has 0 amide bonds. The lowest BCUT2D eigenvalue weighted by atomic mass is 9.87. The number of rotatable bonds is 7. The van der Waals surface area contributed by atoms with Crippen LogP contribution in [0.15, 0.2) is 29.2 Å². The molecule has 1 aromatic carbocycles. The molecule has 188 valence electrons. The number of anilines is 1. The standard InChI is InChI=1S/C28H40N6O/c1-4-5-12-29-28-30-18-25-23-11-8-21(19-33-15-13-32(3)14-16-33)17-24(23)27(35)34(26(25)31-28)22-9-6-20(2)7-10-22/h8,11,17-18,20,22H,4-7,9-10,12-16,19H2,1-3H3,(H,29,30,31). The second kappa shape index (κ2) is 10.6. The molecule has 1 aliphatic carbocycles. The third-order valence-corrected chi connectivity index (χ3v) is 7.99. The Bertz CT molecular complexity index is 1220. The van der Waals surface area contributed by atoms with Gasteiger partial charge in [-0.1, -0.05) is 32.4 Å². The SMILES string of the molecule is CCCCNc1ncc2c3ccc(CN4CCN(C)CC4)cc3c(=O)n(C3CCC(C)CC3)c2n1. The Balaban J connectivity index is 1.57. The number of likely N-dealkylation sites (N-methyl/N-ethyl adjacent to an activating group) is 1. The Morgan fingerprint density at radius 1 is 1.03 bits per heavy atom. The van der Waals surface area contributed by atoms with E-state index in [1.54, 1.807) is 0 Å². The number of benzene rings is 1. The number of aromatic nitrogens is 3. The van der Waals surface area contributed by atoms with Gasteiger partial charge in [0, 0.05) is 62.3 Å². The zero-order valence-electron chi connectivity index (χ0n) is 21.6. The van der Waals surface area contributed by atoms with Crippen LogP contribution in [0.1, 0.15) is 64.0 Å². The highest BCUT2D eigenvalue weighted by Gasteiger charge is 2.25. The number of hydrogen-bond donors (Lipinski definition) is 1. The summed E-state index contributed by atoms with van der Waals surface area (Å²) in [6, 6.07) is 6.63. The van der Waals surface area contributed by atoms with E-state index in [9.17, 15) is 4.79 Å². The third-order valence-electron chi connectivity index (χ3n) is 7.99. The van der Waals surface area contributed by atoms with E-state index in [2.05, 4.69) is 59.2 Å². The summed E-state index contributed by atoms with van der Waals surface area (Å²) >= 11 is 0. The Kier molecular flexibility index (Phi) is 7.35. The first kappa shape index (κ1) is 24.2. The van der Waals surface area contributed by atoms with Crippen LogP contribution in [-0.4, -0.2) is 64.1 Å². The van der Waals surface area contributed by atoms with Crippen molar-refractivity contribution in [1.29, 1.82) is 0 Å². The van der Waals surface area contributed by atoms with Crippen LogP contribution >= 0.6 is 0 Å². The van der Waals surface area contributed by atoms with E-state index in [-0.39, 0.29) is 11.6 Å². The molecular formula is C28H40N6O. The third kappa shape index (κ3) is 5.21. The lowest BCUT2D eigenvalue weighted by molar-refractivity contribution is 0.148. The minimum Gasteiger partial charge on any atom is -0.354 e. The van der Waals surface area contributed by atoms with Gasteiger partial charge < -0.3 is 10.2 Å². The van der Waals surface area contributed by atoms with Crippen LogP contribution in [0.5, 0.6) is 0 Å². The van der Waals surface area contributed by atoms with E-state index in [4.69, 9.17) is 4.98 Å².